The largest absolute Gasteiger partial charge is 0.459 e. The lowest BCUT2D eigenvalue weighted by molar-refractivity contribution is -0.384. The third-order valence-electron chi connectivity index (χ3n) is 13.0. The number of oxime groups is 1. The Balaban J connectivity index is 1.37. The molecule has 0 radical (unpaired) electrons. The first-order chi connectivity index (χ1) is 33.2. The van der Waals surface area contributed by atoms with Gasteiger partial charge in [0.2, 0.25) is 5.79 Å². The van der Waals surface area contributed by atoms with Crippen LogP contribution in [0, 0.1) is 27.9 Å². The smallest absolute Gasteiger partial charge is 0.412 e. The van der Waals surface area contributed by atoms with Crippen LogP contribution < -0.4 is 14.8 Å². The maximum Gasteiger partial charge on any atom is 0.412 e. The zero-order valence-corrected chi connectivity index (χ0v) is 38.6. The van der Waals surface area contributed by atoms with Crippen molar-refractivity contribution in [2.75, 3.05) is 26.4 Å². The van der Waals surface area contributed by atoms with Gasteiger partial charge in [0, 0.05) is 56.3 Å². The van der Waals surface area contributed by atoms with Gasteiger partial charge in [-0.05, 0) is 96.5 Å². The summed E-state index contributed by atoms with van der Waals surface area (Å²) >= 11 is 0. The number of nitrogens with zero attached hydrogens (tertiary/aromatic N) is 3. The normalized spacial score (nSPS) is 21.8. The van der Waals surface area contributed by atoms with Crippen molar-refractivity contribution in [2.24, 2.45) is 22.9 Å². The van der Waals surface area contributed by atoms with Crippen molar-refractivity contribution < 1.29 is 48.5 Å². The third kappa shape index (κ3) is 11.8. The van der Waals surface area contributed by atoms with Crippen molar-refractivity contribution in [1.82, 2.24) is 10.2 Å². The molecule has 1 heterocycles. The number of nitrogens with one attached hydrogen (secondary N) is 1. The van der Waals surface area contributed by atoms with Gasteiger partial charge in [-0.2, -0.15) is 0 Å². The van der Waals surface area contributed by atoms with Gasteiger partial charge < -0.3 is 39.3 Å². The summed E-state index contributed by atoms with van der Waals surface area (Å²) in [6.45, 7) is 6.76. The molecule has 2 aliphatic carbocycles. The van der Waals surface area contributed by atoms with E-state index in [1.165, 1.54) is 12.1 Å². The van der Waals surface area contributed by atoms with Crippen LogP contribution in [0.25, 0.3) is 0 Å². The number of ether oxygens (including phenoxy) is 4. The van der Waals surface area contributed by atoms with Crippen LogP contribution in [0.5, 0.6) is 11.5 Å². The number of fused-ring (bicyclic) bond motifs is 2. The van der Waals surface area contributed by atoms with Crippen LogP contribution >= 0.6 is 0 Å². The average Bonchev–Trinajstić information content (AvgIpc) is 3.36. The zero-order chi connectivity index (χ0) is 47.9. The average molecular weight is 931 g/mol. The lowest BCUT2D eigenvalue weighted by atomic mass is 9.55. The van der Waals surface area contributed by atoms with Crippen LogP contribution in [0.3, 0.4) is 0 Å². The van der Waals surface area contributed by atoms with E-state index in [1.807, 2.05) is 73.7 Å². The second-order valence-electron chi connectivity index (χ2n) is 17.4. The van der Waals surface area contributed by atoms with Crippen LogP contribution in [0.1, 0.15) is 86.5 Å². The molecule has 3 N–H and O–H groups in total. The molecule has 0 spiro atoms. The lowest BCUT2D eigenvalue weighted by Crippen LogP contribution is -2.70. The molecule has 0 bridgehead atoms. The maximum atomic E-state index is 14.6. The first kappa shape index (κ1) is 49.4. The maximum absolute atomic E-state index is 14.6. The topological polar surface area (TPSA) is 192 Å². The second-order valence-corrected chi connectivity index (χ2v) is 17.4. The lowest BCUT2D eigenvalue weighted by Gasteiger charge is -2.59. The standard InChI is InChI=1S/C53H62N4O11/c1-3-27-56(52(61)64-35-38-17-9-6-10-18-38)48-33-46(55-66-36-39-21-23-41(24-22-39)57(62)63)44-31-40(19-11-13-28-58)43(20-12-14-29-59)49-45-32-42(67-51(60)54-34-37-15-7-5-8-16-37)25-26-47(45)68-53(48,50(44)49)65-30-4-2/h4-10,15-18,21-26,31-32,40,43,48-50,58-59H,2-3,11-14,19-20,27-30,33-36H2,1H3,(H,54,60). The van der Waals surface area contributed by atoms with Gasteiger partial charge in [0.15, 0.2) is 0 Å². The Labute approximate surface area is 397 Å². The highest BCUT2D eigenvalue weighted by Gasteiger charge is 2.65. The fraction of sp³-hybridized carbons (Fsp3) is 0.415. The van der Waals surface area contributed by atoms with E-state index < -0.39 is 34.9 Å². The molecule has 6 atom stereocenters. The molecule has 6 unspecified atom stereocenters. The molecule has 15 heteroatoms. The Morgan fingerprint density at radius 2 is 1.62 bits per heavy atom. The number of allylic oxidation sites excluding steroid dienone is 1. The first-order valence-electron chi connectivity index (χ1n) is 23.6. The van der Waals surface area contributed by atoms with E-state index in [2.05, 4.69) is 18.0 Å². The van der Waals surface area contributed by atoms with E-state index in [-0.39, 0.29) is 76.0 Å². The Morgan fingerprint density at radius 3 is 2.29 bits per heavy atom. The van der Waals surface area contributed by atoms with Crippen LogP contribution in [0.4, 0.5) is 15.3 Å². The minimum absolute atomic E-state index is 0.0134. The van der Waals surface area contributed by atoms with Gasteiger partial charge in [-0.3, -0.25) is 15.0 Å². The fourth-order valence-electron chi connectivity index (χ4n) is 9.94. The molecule has 4 aromatic carbocycles. The highest BCUT2D eigenvalue weighted by Crippen LogP contribution is 2.62. The highest BCUT2D eigenvalue weighted by atomic mass is 16.7. The minimum atomic E-state index is -1.53. The number of aliphatic hydroxyl groups excluding tert-OH is 2. The number of hydrogen-bond acceptors (Lipinski definition) is 12. The van der Waals surface area contributed by atoms with Gasteiger partial charge in [0.05, 0.1) is 23.2 Å². The van der Waals surface area contributed by atoms with Crippen molar-refractivity contribution in [2.45, 2.75) is 95.8 Å². The quantitative estimate of drug-likeness (QED) is 0.0278. The Kier molecular flexibility index (Phi) is 17.4. The Hall–Kier alpha value is -6.55. The van der Waals surface area contributed by atoms with Gasteiger partial charge in [-0.1, -0.05) is 97.7 Å². The van der Waals surface area contributed by atoms with Gasteiger partial charge in [0.1, 0.15) is 30.8 Å². The molecule has 4 aromatic rings. The van der Waals surface area contributed by atoms with E-state index in [1.54, 1.807) is 35.2 Å². The molecular formula is C53H62N4O11. The number of carbonyl (C=O) groups excluding carboxylic acids is 2. The van der Waals surface area contributed by atoms with E-state index >= 15 is 0 Å². The van der Waals surface area contributed by atoms with Crippen molar-refractivity contribution in [3.05, 3.63) is 160 Å². The first-order valence-corrected chi connectivity index (χ1v) is 23.6. The molecule has 2 amide bonds. The van der Waals surface area contributed by atoms with Crippen LogP contribution in [-0.4, -0.2) is 76.1 Å². The number of benzene rings is 4. The summed E-state index contributed by atoms with van der Waals surface area (Å²) < 4.78 is 26.4. The van der Waals surface area contributed by atoms with Crippen molar-refractivity contribution in [3.8, 4) is 11.5 Å². The van der Waals surface area contributed by atoms with Crippen molar-refractivity contribution in [3.63, 3.8) is 0 Å². The molecule has 1 saturated carbocycles. The molecule has 360 valence electrons. The molecule has 15 nitrogen and oxygen atoms in total. The number of hydrogen-bond donors (Lipinski definition) is 3. The predicted octanol–water partition coefficient (Wildman–Crippen LogP) is 9.77. The molecule has 68 heavy (non-hydrogen) atoms. The van der Waals surface area contributed by atoms with Gasteiger partial charge in [-0.25, -0.2) is 9.59 Å². The molecule has 0 saturated heterocycles. The van der Waals surface area contributed by atoms with Crippen LogP contribution in [0.15, 0.2) is 133 Å². The third-order valence-corrected chi connectivity index (χ3v) is 13.0. The number of unbranched alkanes of at least 4 members (excludes halogenated alkanes) is 2. The van der Waals surface area contributed by atoms with Gasteiger partial charge in [0.25, 0.3) is 5.69 Å². The van der Waals surface area contributed by atoms with E-state index in [4.69, 9.17) is 28.9 Å². The molecular weight excluding hydrogens is 869 g/mol. The van der Waals surface area contributed by atoms with Crippen molar-refractivity contribution in [1.29, 1.82) is 0 Å². The summed E-state index contributed by atoms with van der Waals surface area (Å²) in [5.41, 5.74) is 4.55. The number of carbonyl (C=O) groups is 2. The predicted molar refractivity (Wildman–Crippen MR) is 256 cm³/mol. The number of nitro groups is 1. The van der Waals surface area contributed by atoms with E-state index in [0.717, 1.165) is 41.5 Å². The summed E-state index contributed by atoms with van der Waals surface area (Å²) in [5, 5.41) is 39.0. The summed E-state index contributed by atoms with van der Waals surface area (Å²) in [7, 11) is 0. The number of rotatable bonds is 23. The number of amides is 2. The van der Waals surface area contributed by atoms with Crippen molar-refractivity contribution >= 4 is 23.6 Å². The SMILES string of the molecule is C=CCOC12Oc3ccc(OC(=O)NCc4ccccc4)cc3C3C(CCCCO)C(CCCCO)C=C(C(=NOCc4ccc([N+](=O)[O-])cc4)CC1N(CCC)C(=O)OCc1ccccc1)C32. The number of non-ortho nitro benzene ring substituents is 1. The summed E-state index contributed by atoms with van der Waals surface area (Å²) in [5.74, 6) is -1.83. The monoisotopic (exact) mass is 930 g/mol. The summed E-state index contributed by atoms with van der Waals surface area (Å²) in [4.78, 5) is 46.7. The van der Waals surface area contributed by atoms with Gasteiger partial charge >= 0.3 is 12.2 Å². The molecule has 1 fully saturated rings. The van der Waals surface area contributed by atoms with E-state index in [9.17, 15) is 29.9 Å². The zero-order valence-electron chi connectivity index (χ0n) is 38.6. The Bertz CT molecular complexity index is 2380. The molecule has 0 aromatic heterocycles. The molecule has 1 aliphatic heterocycles. The summed E-state index contributed by atoms with van der Waals surface area (Å²) in [6.07, 6.45) is 7.53. The minimum Gasteiger partial charge on any atom is -0.459 e. The van der Waals surface area contributed by atoms with Crippen LogP contribution in [0.2, 0.25) is 0 Å². The number of nitro benzene ring substituents is 1. The molecule has 7 rings (SSSR count). The van der Waals surface area contributed by atoms with Gasteiger partial charge in [-0.15, -0.1) is 6.58 Å². The molecule has 3 aliphatic rings. The van der Waals surface area contributed by atoms with E-state index in [0.29, 0.717) is 48.5 Å². The second kappa shape index (κ2) is 23.9. The summed E-state index contributed by atoms with van der Waals surface area (Å²) in [6, 6.07) is 29.6. The Morgan fingerprint density at radius 1 is 0.926 bits per heavy atom. The number of aliphatic hydroxyl groups is 2. The van der Waals surface area contributed by atoms with Crippen LogP contribution in [-0.2, 0) is 34.1 Å². The highest BCUT2D eigenvalue weighted by molar-refractivity contribution is 6.03. The fourth-order valence-corrected chi connectivity index (χ4v) is 9.94.